The van der Waals surface area contributed by atoms with Crippen LogP contribution in [0.1, 0.15) is 16.3 Å². The first-order chi connectivity index (χ1) is 14.1. The average molecular weight is 410 g/mol. The van der Waals surface area contributed by atoms with E-state index in [4.69, 9.17) is 14.2 Å². The van der Waals surface area contributed by atoms with Crippen LogP contribution in [0.25, 0.3) is 6.08 Å². The van der Waals surface area contributed by atoms with Crippen molar-refractivity contribution in [3.05, 3.63) is 70.2 Å². The molecular formula is C22H22N2O4S. The second-order valence-electron chi connectivity index (χ2n) is 6.14. The van der Waals surface area contributed by atoms with E-state index in [9.17, 15) is 4.79 Å². The molecule has 2 aromatic carbocycles. The maximum atomic E-state index is 12.2. The molecule has 0 aliphatic carbocycles. The molecule has 150 valence electrons. The number of thiazole rings is 1. The van der Waals surface area contributed by atoms with Crippen LogP contribution in [0.2, 0.25) is 0 Å². The number of amides is 1. The van der Waals surface area contributed by atoms with Gasteiger partial charge < -0.3 is 19.5 Å². The lowest BCUT2D eigenvalue weighted by Gasteiger charge is -2.08. The number of nitrogens with one attached hydrogen (secondary N) is 1. The number of methoxy groups -OCH3 is 2. The van der Waals surface area contributed by atoms with Crippen LogP contribution < -0.4 is 19.5 Å². The second kappa shape index (κ2) is 9.75. The van der Waals surface area contributed by atoms with E-state index in [1.54, 1.807) is 49.8 Å². The van der Waals surface area contributed by atoms with Crippen molar-refractivity contribution in [1.29, 1.82) is 0 Å². The van der Waals surface area contributed by atoms with Crippen molar-refractivity contribution in [2.75, 3.05) is 19.5 Å². The number of ether oxygens (including phenoxy) is 3. The van der Waals surface area contributed by atoms with E-state index < -0.39 is 0 Å². The van der Waals surface area contributed by atoms with Crippen LogP contribution in [0.15, 0.2) is 53.9 Å². The topological polar surface area (TPSA) is 69.7 Å². The molecule has 0 atom stereocenters. The van der Waals surface area contributed by atoms with Gasteiger partial charge in [-0.25, -0.2) is 4.98 Å². The Bertz CT molecular complexity index is 974. The number of hydrogen-bond donors (Lipinski definition) is 1. The second-order valence-corrected chi connectivity index (χ2v) is 7.20. The number of rotatable bonds is 8. The van der Waals surface area contributed by atoms with Crippen molar-refractivity contribution in [2.45, 2.75) is 13.5 Å². The molecule has 0 radical (unpaired) electrons. The fraction of sp³-hybridized carbons (Fsp3) is 0.182. The summed E-state index contributed by atoms with van der Waals surface area (Å²) >= 11 is 1.60. The Morgan fingerprint density at radius 2 is 1.76 bits per heavy atom. The van der Waals surface area contributed by atoms with Gasteiger partial charge in [0.15, 0.2) is 0 Å². The fourth-order valence-corrected chi connectivity index (χ4v) is 3.14. The minimum Gasteiger partial charge on any atom is -0.497 e. The van der Waals surface area contributed by atoms with Crippen molar-refractivity contribution in [1.82, 2.24) is 4.98 Å². The Morgan fingerprint density at radius 3 is 2.34 bits per heavy atom. The molecular weight excluding hydrogens is 388 g/mol. The first kappa shape index (κ1) is 20.4. The van der Waals surface area contributed by atoms with Gasteiger partial charge in [-0.05, 0) is 30.7 Å². The molecule has 0 unspecified atom stereocenters. The maximum Gasteiger partial charge on any atom is 0.248 e. The highest BCUT2D eigenvalue weighted by molar-refractivity contribution is 7.09. The van der Waals surface area contributed by atoms with E-state index in [0.717, 1.165) is 22.0 Å². The number of anilines is 1. The van der Waals surface area contributed by atoms with Gasteiger partial charge in [-0.2, -0.15) is 0 Å². The molecule has 0 bridgehead atoms. The third-order valence-corrected chi connectivity index (χ3v) is 4.80. The van der Waals surface area contributed by atoms with E-state index in [0.29, 0.717) is 23.8 Å². The summed E-state index contributed by atoms with van der Waals surface area (Å²) in [6, 6.07) is 12.7. The zero-order chi connectivity index (χ0) is 20.6. The molecule has 0 saturated carbocycles. The number of carbonyl (C=O) groups excluding carboxylic acids is 1. The largest absolute Gasteiger partial charge is 0.497 e. The molecule has 0 aliphatic heterocycles. The molecule has 1 amide bonds. The summed E-state index contributed by atoms with van der Waals surface area (Å²) in [6.45, 7) is 2.40. The van der Waals surface area contributed by atoms with Gasteiger partial charge in [0.25, 0.3) is 0 Å². The van der Waals surface area contributed by atoms with E-state index in [2.05, 4.69) is 10.3 Å². The minimum absolute atomic E-state index is 0.250. The maximum absolute atomic E-state index is 12.2. The van der Waals surface area contributed by atoms with Crippen molar-refractivity contribution in [3.63, 3.8) is 0 Å². The van der Waals surface area contributed by atoms with Crippen LogP contribution in [-0.4, -0.2) is 25.1 Å². The number of hydrogen-bond acceptors (Lipinski definition) is 6. The van der Waals surface area contributed by atoms with Gasteiger partial charge >= 0.3 is 0 Å². The zero-order valence-electron chi connectivity index (χ0n) is 16.5. The molecule has 1 aromatic heterocycles. The smallest absolute Gasteiger partial charge is 0.248 e. The Hall–Kier alpha value is -3.32. The third kappa shape index (κ3) is 6.08. The molecule has 0 saturated heterocycles. The molecule has 1 N–H and O–H groups in total. The van der Waals surface area contributed by atoms with Crippen molar-refractivity contribution in [3.8, 4) is 17.2 Å². The molecule has 0 fully saturated rings. The van der Waals surface area contributed by atoms with Crippen molar-refractivity contribution >= 4 is 29.0 Å². The Kier molecular flexibility index (Phi) is 6.86. The van der Waals surface area contributed by atoms with E-state index in [-0.39, 0.29) is 5.91 Å². The summed E-state index contributed by atoms with van der Waals surface area (Å²) in [7, 11) is 3.12. The lowest BCUT2D eigenvalue weighted by atomic mass is 10.2. The Labute approximate surface area is 173 Å². The van der Waals surface area contributed by atoms with E-state index in [1.165, 1.54) is 6.08 Å². The summed E-state index contributed by atoms with van der Waals surface area (Å²) in [5, 5.41) is 5.81. The molecule has 3 aromatic rings. The molecule has 1 heterocycles. The highest BCUT2D eigenvalue weighted by Gasteiger charge is 2.04. The third-order valence-electron chi connectivity index (χ3n) is 3.98. The van der Waals surface area contributed by atoms with Crippen LogP contribution in [0.5, 0.6) is 17.2 Å². The number of carbonyl (C=O) groups is 1. The summed E-state index contributed by atoms with van der Waals surface area (Å²) < 4.78 is 16.1. The summed E-state index contributed by atoms with van der Waals surface area (Å²) in [6.07, 6.45) is 3.21. The van der Waals surface area contributed by atoms with Gasteiger partial charge in [-0.15, -0.1) is 11.3 Å². The summed E-state index contributed by atoms with van der Waals surface area (Å²) in [4.78, 5) is 16.6. The van der Waals surface area contributed by atoms with Gasteiger partial charge in [0.2, 0.25) is 5.91 Å². The van der Waals surface area contributed by atoms with Gasteiger partial charge in [0.05, 0.1) is 24.9 Å². The van der Waals surface area contributed by atoms with E-state index in [1.807, 2.05) is 36.6 Å². The standard InChI is InChI=1S/C22H22N2O4S/c1-15-23-18(14-29-15)13-28-19-7-4-16(5-8-19)6-9-22(25)24-17-10-20(26-2)12-21(11-17)27-3/h4-12,14H,13H2,1-3H3,(H,24,25). The highest BCUT2D eigenvalue weighted by Crippen LogP contribution is 2.25. The van der Waals surface area contributed by atoms with Gasteiger partial charge in [-0.3, -0.25) is 4.79 Å². The minimum atomic E-state index is -0.250. The molecule has 29 heavy (non-hydrogen) atoms. The fourth-order valence-electron chi connectivity index (χ4n) is 2.54. The predicted octanol–water partition coefficient (Wildman–Crippen LogP) is 4.70. The van der Waals surface area contributed by atoms with Gasteiger partial charge in [0.1, 0.15) is 23.9 Å². The molecule has 6 nitrogen and oxygen atoms in total. The number of aromatic nitrogens is 1. The Balaban J connectivity index is 1.56. The zero-order valence-corrected chi connectivity index (χ0v) is 17.3. The summed E-state index contributed by atoms with van der Waals surface area (Å²) in [5.74, 6) is 1.71. The number of nitrogens with zero attached hydrogens (tertiary/aromatic N) is 1. The number of aryl methyl sites for hydroxylation is 1. The van der Waals surface area contributed by atoms with Gasteiger partial charge in [0, 0.05) is 35.3 Å². The molecule has 3 rings (SSSR count). The first-order valence-electron chi connectivity index (χ1n) is 8.92. The Morgan fingerprint density at radius 1 is 1.07 bits per heavy atom. The lowest BCUT2D eigenvalue weighted by Crippen LogP contribution is -2.08. The molecule has 0 spiro atoms. The van der Waals surface area contributed by atoms with Crippen LogP contribution in [-0.2, 0) is 11.4 Å². The first-order valence-corrected chi connectivity index (χ1v) is 9.79. The SMILES string of the molecule is COc1cc(NC(=O)C=Cc2ccc(OCc3csc(C)n3)cc2)cc(OC)c1. The normalized spacial score (nSPS) is 10.7. The van der Waals surface area contributed by atoms with E-state index >= 15 is 0 Å². The van der Waals surface area contributed by atoms with Crippen molar-refractivity contribution in [2.24, 2.45) is 0 Å². The van der Waals surface area contributed by atoms with Crippen molar-refractivity contribution < 1.29 is 19.0 Å². The quantitative estimate of drug-likeness (QED) is 0.545. The number of benzene rings is 2. The van der Waals surface area contributed by atoms with Crippen LogP contribution in [0.3, 0.4) is 0 Å². The monoisotopic (exact) mass is 410 g/mol. The van der Waals surface area contributed by atoms with Gasteiger partial charge in [-0.1, -0.05) is 12.1 Å². The average Bonchev–Trinajstić information content (AvgIpc) is 3.16. The van der Waals surface area contributed by atoms with Crippen LogP contribution >= 0.6 is 11.3 Å². The summed E-state index contributed by atoms with van der Waals surface area (Å²) in [5.41, 5.74) is 2.40. The van der Waals surface area contributed by atoms with Crippen LogP contribution in [0.4, 0.5) is 5.69 Å². The molecule has 7 heteroatoms. The predicted molar refractivity (Wildman–Crippen MR) is 115 cm³/mol. The van der Waals surface area contributed by atoms with Crippen LogP contribution in [0, 0.1) is 6.92 Å². The lowest BCUT2D eigenvalue weighted by molar-refractivity contribution is -0.111. The highest BCUT2D eigenvalue weighted by atomic mass is 32.1. The molecule has 0 aliphatic rings.